The fraction of sp³-hybridized carbons (Fsp3) is 0.0909. The lowest BCUT2D eigenvalue weighted by Crippen LogP contribution is -2.25. The van der Waals surface area contributed by atoms with Gasteiger partial charge in [0.2, 0.25) is 5.88 Å². The summed E-state index contributed by atoms with van der Waals surface area (Å²) in [5.74, 6) is -0.266. The first kappa shape index (κ1) is 20.8. The average molecular weight is 421 g/mol. The number of fused-ring (bicyclic) bond motifs is 1. The molecule has 0 unspecified atom stereocenters. The van der Waals surface area contributed by atoms with E-state index in [1.54, 1.807) is 36.5 Å². The summed E-state index contributed by atoms with van der Waals surface area (Å²) in [6.45, 7) is 5.51. The third-order valence-electron chi connectivity index (χ3n) is 4.14. The fourth-order valence-electron chi connectivity index (χ4n) is 2.66. The lowest BCUT2D eigenvalue weighted by molar-refractivity contribution is -0.116. The number of amides is 1. The Bertz CT molecular complexity index is 1250. The molecule has 0 radical (unpaired) electrons. The first-order valence-corrected chi connectivity index (χ1v) is 9.28. The number of nitriles is 1. The van der Waals surface area contributed by atoms with Crippen LogP contribution in [0.5, 0.6) is 11.6 Å². The predicted molar refractivity (Wildman–Crippen MR) is 115 cm³/mol. The van der Waals surface area contributed by atoms with E-state index in [1.807, 2.05) is 19.1 Å². The summed E-state index contributed by atoms with van der Waals surface area (Å²) in [6, 6.07) is 11.8. The van der Waals surface area contributed by atoms with Gasteiger partial charge < -0.3 is 10.1 Å². The van der Waals surface area contributed by atoms with Crippen LogP contribution in [0.2, 0.25) is 5.02 Å². The van der Waals surface area contributed by atoms with Crippen molar-refractivity contribution in [3.63, 3.8) is 0 Å². The van der Waals surface area contributed by atoms with Crippen LogP contribution in [0, 0.1) is 18.3 Å². The van der Waals surface area contributed by atoms with Crippen molar-refractivity contribution < 1.29 is 9.53 Å². The zero-order chi connectivity index (χ0) is 21.7. The van der Waals surface area contributed by atoms with Crippen molar-refractivity contribution in [3.8, 4) is 17.7 Å². The molecule has 1 aromatic carbocycles. The van der Waals surface area contributed by atoms with Gasteiger partial charge in [0, 0.05) is 17.8 Å². The third kappa shape index (κ3) is 4.40. The van der Waals surface area contributed by atoms with Crippen LogP contribution >= 0.6 is 11.6 Å². The van der Waals surface area contributed by atoms with E-state index in [9.17, 15) is 14.9 Å². The molecular weight excluding hydrogens is 404 g/mol. The molecule has 1 amide bonds. The minimum atomic E-state index is -0.636. The van der Waals surface area contributed by atoms with Crippen LogP contribution < -0.4 is 15.6 Å². The SMILES string of the molecule is C=CCNC(=O)/C(C#N)=C/c1c(Oc2ccc(Cl)cc2)nc2c(C)cccn2c1=O. The molecule has 150 valence electrons. The Morgan fingerprint density at radius 2 is 2.10 bits per heavy atom. The molecule has 7 nitrogen and oxygen atoms in total. The van der Waals surface area contributed by atoms with Gasteiger partial charge in [0.25, 0.3) is 11.5 Å². The number of carbonyl (C=O) groups excluding carboxylic acids is 1. The maximum absolute atomic E-state index is 13.2. The average Bonchev–Trinajstić information content (AvgIpc) is 2.74. The molecule has 0 saturated heterocycles. The van der Waals surface area contributed by atoms with E-state index in [1.165, 1.54) is 16.6 Å². The Hall–Kier alpha value is -3.89. The van der Waals surface area contributed by atoms with Crippen LogP contribution in [-0.4, -0.2) is 21.8 Å². The van der Waals surface area contributed by atoms with Gasteiger partial charge in [-0.05, 0) is 48.9 Å². The highest BCUT2D eigenvalue weighted by Gasteiger charge is 2.17. The predicted octanol–water partition coefficient (Wildman–Crippen LogP) is 3.66. The van der Waals surface area contributed by atoms with E-state index in [-0.39, 0.29) is 23.6 Å². The van der Waals surface area contributed by atoms with Gasteiger partial charge in [0.15, 0.2) is 0 Å². The van der Waals surface area contributed by atoms with Crippen LogP contribution in [0.3, 0.4) is 0 Å². The van der Waals surface area contributed by atoms with E-state index in [4.69, 9.17) is 16.3 Å². The number of carbonyl (C=O) groups is 1. The topological polar surface area (TPSA) is 96.5 Å². The maximum Gasteiger partial charge on any atom is 0.269 e. The number of hydrogen-bond donors (Lipinski definition) is 1. The molecule has 0 aliphatic carbocycles. The Kier molecular flexibility index (Phi) is 6.30. The summed E-state index contributed by atoms with van der Waals surface area (Å²) >= 11 is 5.91. The van der Waals surface area contributed by atoms with Gasteiger partial charge in [0.05, 0.1) is 0 Å². The van der Waals surface area contributed by atoms with Gasteiger partial charge in [-0.2, -0.15) is 10.2 Å². The first-order valence-electron chi connectivity index (χ1n) is 8.91. The highest BCUT2D eigenvalue weighted by molar-refractivity contribution is 6.30. The summed E-state index contributed by atoms with van der Waals surface area (Å²) in [6.07, 6.45) is 4.22. The molecule has 30 heavy (non-hydrogen) atoms. The van der Waals surface area contributed by atoms with Gasteiger partial charge in [-0.1, -0.05) is 23.7 Å². The van der Waals surface area contributed by atoms with E-state index in [2.05, 4.69) is 16.9 Å². The van der Waals surface area contributed by atoms with Gasteiger partial charge in [-0.3, -0.25) is 14.0 Å². The van der Waals surface area contributed by atoms with Crippen LogP contribution in [0.25, 0.3) is 11.7 Å². The number of rotatable bonds is 6. The maximum atomic E-state index is 13.2. The van der Waals surface area contributed by atoms with Gasteiger partial charge in [-0.15, -0.1) is 6.58 Å². The Morgan fingerprint density at radius 1 is 1.37 bits per heavy atom. The van der Waals surface area contributed by atoms with E-state index in [0.29, 0.717) is 16.4 Å². The van der Waals surface area contributed by atoms with E-state index < -0.39 is 11.5 Å². The van der Waals surface area contributed by atoms with Crippen molar-refractivity contribution in [2.75, 3.05) is 6.54 Å². The first-order chi connectivity index (χ1) is 14.4. The summed E-state index contributed by atoms with van der Waals surface area (Å²) in [4.78, 5) is 29.9. The van der Waals surface area contributed by atoms with Crippen molar-refractivity contribution in [3.05, 3.63) is 87.3 Å². The van der Waals surface area contributed by atoms with Crippen LogP contribution in [0.15, 0.2) is 65.6 Å². The molecule has 0 aliphatic rings. The van der Waals surface area contributed by atoms with Gasteiger partial charge in [-0.25, -0.2) is 0 Å². The minimum Gasteiger partial charge on any atom is -0.438 e. The molecule has 0 bridgehead atoms. The van der Waals surface area contributed by atoms with Crippen molar-refractivity contribution in [1.29, 1.82) is 5.26 Å². The highest BCUT2D eigenvalue weighted by Crippen LogP contribution is 2.25. The lowest BCUT2D eigenvalue weighted by Gasteiger charge is -2.11. The number of halogens is 1. The van der Waals surface area contributed by atoms with Gasteiger partial charge in [0.1, 0.15) is 28.6 Å². The van der Waals surface area contributed by atoms with Crippen molar-refractivity contribution in [2.45, 2.75) is 6.92 Å². The molecule has 3 aromatic rings. The summed E-state index contributed by atoms with van der Waals surface area (Å²) in [5, 5.41) is 12.5. The molecule has 0 aliphatic heterocycles. The van der Waals surface area contributed by atoms with E-state index >= 15 is 0 Å². The van der Waals surface area contributed by atoms with E-state index in [0.717, 1.165) is 5.56 Å². The number of ether oxygens (including phenoxy) is 1. The largest absolute Gasteiger partial charge is 0.438 e. The number of nitrogens with zero attached hydrogens (tertiary/aromatic N) is 3. The molecule has 3 rings (SSSR count). The fourth-order valence-corrected chi connectivity index (χ4v) is 2.79. The Morgan fingerprint density at radius 3 is 2.77 bits per heavy atom. The molecule has 0 saturated carbocycles. The molecule has 8 heteroatoms. The normalized spacial score (nSPS) is 11.0. The molecule has 0 fully saturated rings. The van der Waals surface area contributed by atoms with Gasteiger partial charge >= 0.3 is 0 Å². The second kappa shape index (κ2) is 9.07. The standard InChI is InChI=1S/C22H17ClN4O3/c1-3-10-25-20(28)15(13-24)12-18-21(30-17-8-6-16(23)7-9-17)26-19-14(2)5-4-11-27(19)22(18)29/h3-9,11-12H,1,10H2,2H3,(H,25,28)/b15-12+. The molecular formula is C22H17ClN4O3. The number of aromatic nitrogens is 2. The zero-order valence-corrected chi connectivity index (χ0v) is 16.8. The molecule has 0 spiro atoms. The quantitative estimate of drug-likeness (QED) is 0.373. The van der Waals surface area contributed by atoms with Crippen LogP contribution in [-0.2, 0) is 4.79 Å². The number of benzene rings is 1. The lowest BCUT2D eigenvalue weighted by atomic mass is 10.1. The van der Waals surface area contributed by atoms with Crippen molar-refractivity contribution in [1.82, 2.24) is 14.7 Å². The smallest absolute Gasteiger partial charge is 0.269 e. The summed E-state index contributed by atoms with van der Waals surface area (Å²) in [7, 11) is 0. The number of pyridine rings is 1. The number of aryl methyl sites for hydroxylation is 1. The Labute approximate surface area is 177 Å². The monoisotopic (exact) mass is 420 g/mol. The molecule has 2 heterocycles. The third-order valence-corrected chi connectivity index (χ3v) is 4.39. The summed E-state index contributed by atoms with van der Waals surface area (Å²) in [5.41, 5.74) is 0.396. The van der Waals surface area contributed by atoms with Crippen LogP contribution in [0.1, 0.15) is 11.1 Å². The number of nitrogens with one attached hydrogen (secondary N) is 1. The summed E-state index contributed by atoms with van der Waals surface area (Å²) < 4.78 is 7.17. The van der Waals surface area contributed by atoms with Crippen molar-refractivity contribution in [2.24, 2.45) is 0 Å². The molecule has 2 aromatic heterocycles. The minimum absolute atomic E-state index is 0.0270. The number of hydrogen-bond acceptors (Lipinski definition) is 5. The molecule has 1 N–H and O–H groups in total. The van der Waals surface area contributed by atoms with Crippen LogP contribution in [0.4, 0.5) is 0 Å². The second-order valence-corrected chi connectivity index (χ2v) is 6.68. The zero-order valence-electron chi connectivity index (χ0n) is 16.1. The van der Waals surface area contributed by atoms with Crippen molar-refractivity contribution >= 4 is 29.2 Å². The second-order valence-electron chi connectivity index (χ2n) is 6.25. The molecule has 0 atom stereocenters. The Balaban J connectivity index is 2.21. The highest BCUT2D eigenvalue weighted by atomic mass is 35.5.